The van der Waals surface area contributed by atoms with Gasteiger partial charge in [-0.3, -0.25) is 4.99 Å². The number of benzene rings is 3. The molecule has 0 saturated heterocycles. The van der Waals surface area contributed by atoms with Gasteiger partial charge in [0.1, 0.15) is 11.5 Å². The minimum Gasteiger partial charge on any atom is -0.507 e. The number of hydrogen-bond acceptors (Lipinski definition) is 5. The van der Waals surface area contributed by atoms with E-state index in [1.54, 1.807) is 31.5 Å². The number of rotatable bonds is 5. The van der Waals surface area contributed by atoms with E-state index >= 15 is 0 Å². The Labute approximate surface area is 146 Å². The molecule has 0 spiro atoms. The van der Waals surface area contributed by atoms with Crippen LogP contribution in [0.25, 0.3) is 0 Å². The number of methoxy groups -OCH3 is 1. The van der Waals surface area contributed by atoms with Crippen molar-refractivity contribution in [3.05, 3.63) is 78.4 Å². The van der Waals surface area contributed by atoms with Crippen molar-refractivity contribution in [2.24, 2.45) is 15.2 Å². The Morgan fingerprint density at radius 1 is 0.800 bits per heavy atom. The van der Waals surface area contributed by atoms with E-state index in [9.17, 15) is 5.11 Å². The molecule has 0 aliphatic carbocycles. The number of nitrogens with zero attached hydrogens (tertiary/aromatic N) is 3. The Balaban J connectivity index is 1.71. The lowest BCUT2D eigenvalue weighted by Gasteiger charge is -2.03. The van der Waals surface area contributed by atoms with Gasteiger partial charge in [-0.1, -0.05) is 18.2 Å². The maximum absolute atomic E-state index is 9.86. The molecule has 0 fully saturated rings. The molecule has 0 unspecified atom stereocenters. The van der Waals surface area contributed by atoms with E-state index in [0.29, 0.717) is 11.3 Å². The number of phenols is 1. The van der Waals surface area contributed by atoms with Gasteiger partial charge in [-0.05, 0) is 54.6 Å². The fourth-order valence-electron chi connectivity index (χ4n) is 2.12. The van der Waals surface area contributed by atoms with E-state index in [0.717, 1.165) is 17.1 Å². The van der Waals surface area contributed by atoms with Crippen LogP contribution in [-0.4, -0.2) is 18.4 Å². The number of azo groups is 1. The van der Waals surface area contributed by atoms with Crippen LogP contribution in [0.3, 0.4) is 0 Å². The van der Waals surface area contributed by atoms with Crippen LogP contribution in [0.15, 0.2) is 88.0 Å². The van der Waals surface area contributed by atoms with Crippen molar-refractivity contribution >= 4 is 23.3 Å². The lowest BCUT2D eigenvalue weighted by molar-refractivity contribution is 0.412. The van der Waals surface area contributed by atoms with E-state index in [2.05, 4.69) is 15.2 Å². The molecule has 3 aromatic carbocycles. The maximum atomic E-state index is 9.86. The van der Waals surface area contributed by atoms with Gasteiger partial charge in [0.15, 0.2) is 0 Å². The molecule has 3 rings (SSSR count). The van der Waals surface area contributed by atoms with Gasteiger partial charge in [0, 0.05) is 11.8 Å². The van der Waals surface area contributed by atoms with Crippen LogP contribution < -0.4 is 4.74 Å². The molecule has 0 aromatic heterocycles. The molecular weight excluding hydrogens is 314 g/mol. The van der Waals surface area contributed by atoms with Crippen molar-refractivity contribution in [3.63, 3.8) is 0 Å². The normalized spacial score (nSPS) is 11.2. The SMILES string of the molecule is COc1ccc(O)c(C=Nc2ccc(N=Nc3ccccc3)cc2)c1. The number of ether oxygens (including phenoxy) is 1. The molecule has 1 N–H and O–H groups in total. The fraction of sp³-hybridized carbons (Fsp3) is 0.0500. The van der Waals surface area contributed by atoms with Gasteiger partial charge < -0.3 is 9.84 Å². The lowest BCUT2D eigenvalue weighted by atomic mass is 10.2. The van der Waals surface area contributed by atoms with Crippen molar-refractivity contribution < 1.29 is 9.84 Å². The predicted molar refractivity (Wildman–Crippen MR) is 99.0 cm³/mol. The molecule has 5 heteroatoms. The highest BCUT2D eigenvalue weighted by Gasteiger charge is 2.00. The molecule has 25 heavy (non-hydrogen) atoms. The molecule has 3 aromatic rings. The molecule has 5 nitrogen and oxygen atoms in total. The van der Waals surface area contributed by atoms with E-state index in [4.69, 9.17) is 4.74 Å². The van der Waals surface area contributed by atoms with Crippen LogP contribution in [-0.2, 0) is 0 Å². The number of aliphatic imine (C=N–C) groups is 1. The summed E-state index contributed by atoms with van der Waals surface area (Å²) >= 11 is 0. The molecular formula is C20H17N3O2. The first-order valence-electron chi connectivity index (χ1n) is 7.72. The van der Waals surface area contributed by atoms with Gasteiger partial charge >= 0.3 is 0 Å². The van der Waals surface area contributed by atoms with Gasteiger partial charge in [-0.25, -0.2) is 0 Å². The largest absolute Gasteiger partial charge is 0.507 e. The van der Waals surface area contributed by atoms with Crippen molar-refractivity contribution in [3.8, 4) is 11.5 Å². The van der Waals surface area contributed by atoms with Crippen LogP contribution in [0.5, 0.6) is 11.5 Å². The van der Waals surface area contributed by atoms with E-state index in [-0.39, 0.29) is 5.75 Å². The summed E-state index contributed by atoms with van der Waals surface area (Å²) < 4.78 is 5.15. The van der Waals surface area contributed by atoms with Crippen LogP contribution in [0, 0.1) is 0 Å². The summed E-state index contributed by atoms with van der Waals surface area (Å²) in [4.78, 5) is 4.36. The number of phenolic OH excluding ortho intramolecular Hbond substituents is 1. The van der Waals surface area contributed by atoms with E-state index in [1.807, 2.05) is 54.6 Å². The molecule has 0 radical (unpaired) electrons. The average molecular weight is 331 g/mol. The van der Waals surface area contributed by atoms with Crippen molar-refractivity contribution in [1.82, 2.24) is 0 Å². The fourth-order valence-corrected chi connectivity index (χ4v) is 2.12. The van der Waals surface area contributed by atoms with Gasteiger partial charge in [0.25, 0.3) is 0 Å². The smallest absolute Gasteiger partial charge is 0.124 e. The summed E-state index contributed by atoms with van der Waals surface area (Å²) in [7, 11) is 1.58. The average Bonchev–Trinajstić information content (AvgIpc) is 2.67. The third-order valence-corrected chi connectivity index (χ3v) is 3.47. The Morgan fingerprint density at radius 3 is 2.12 bits per heavy atom. The van der Waals surface area contributed by atoms with E-state index < -0.39 is 0 Å². The van der Waals surface area contributed by atoms with Crippen LogP contribution in [0.4, 0.5) is 17.1 Å². The molecule has 0 heterocycles. The zero-order valence-electron chi connectivity index (χ0n) is 13.7. The lowest BCUT2D eigenvalue weighted by Crippen LogP contribution is -1.86. The second-order valence-electron chi connectivity index (χ2n) is 5.23. The molecule has 0 saturated carbocycles. The molecule has 0 aliphatic heterocycles. The van der Waals surface area contributed by atoms with Crippen molar-refractivity contribution in [2.45, 2.75) is 0 Å². The summed E-state index contributed by atoms with van der Waals surface area (Å²) in [5.41, 5.74) is 2.89. The molecule has 0 amide bonds. The highest BCUT2D eigenvalue weighted by atomic mass is 16.5. The standard InChI is InChI=1S/C20H17N3O2/c1-25-19-11-12-20(24)15(13-19)14-21-16-7-9-18(10-8-16)23-22-17-5-3-2-4-6-17/h2-14,24H,1H3. The third kappa shape index (κ3) is 4.51. The van der Waals surface area contributed by atoms with Crippen LogP contribution in [0.2, 0.25) is 0 Å². The molecule has 0 aliphatic rings. The Kier molecular flexibility index (Phi) is 5.16. The van der Waals surface area contributed by atoms with E-state index in [1.165, 1.54) is 0 Å². The third-order valence-electron chi connectivity index (χ3n) is 3.47. The summed E-state index contributed by atoms with van der Waals surface area (Å²) in [6, 6.07) is 21.9. The predicted octanol–water partition coefficient (Wildman–Crippen LogP) is 5.57. The second-order valence-corrected chi connectivity index (χ2v) is 5.23. The Bertz CT molecular complexity index is 889. The minimum absolute atomic E-state index is 0.151. The first-order chi connectivity index (χ1) is 12.2. The minimum atomic E-state index is 0.151. The molecule has 124 valence electrons. The van der Waals surface area contributed by atoms with Crippen molar-refractivity contribution in [1.29, 1.82) is 0 Å². The van der Waals surface area contributed by atoms with Crippen molar-refractivity contribution in [2.75, 3.05) is 7.11 Å². The van der Waals surface area contributed by atoms with Gasteiger partial charge in [0.05, 0.1) is 24.2 Å². The number of hydrogen-bond donors (Lipinski definition) is 1. The highest BCUT2D eigenvalue weighted by molar-refractivity contribution is 5.86. The first-order valence-corrected chi connectivity index (χ1v) is 7.72. The van der Waals surface area contributed by atoms with Gasteiger partial charge in [0.2, 0.25) is 0 Å². The summed E-state index contributed by atoms with van der Waals surface area (Å²) in [6.07, 6.45) is 1.60. The zero-order chi connectivity index (χ0) is 17.5. The summed E-state index contributed by atoms with van der Waals surface area (Å²) in [6.45, 7) is 0. The Morgan fingerprint density at radius 2 is 1.44 bits per heavy atom. The van der Waals surface area contributed by atoms with Crippen LogP contribution >= 0.6 is 0 Å². The molecule has 0 atom stereocenters. The zero-order valence-corrected chi connectivity index (χ0v) is 13.7. The topological polar surface area (TPSA) is 66.5 Å². The Hall–Kier alpha value is -3.47. The van der Waals surface area contributed by atoms with Crippen LogP contribution in [0.1, 0.15) is 5.56 Å². The van der Waals surface area contributed by atoms with Gasteiger partial charge in [-0.2, -0.15) is 10.2 Å². The number of aromatic hydroxyl groups is 1. The highest BCUT2D eigenvalue weighted by Crippen LogP contribution is 2.24. The summed E-state index contributed by atoms with van der Waals surface area (Å²) in [5.74, 6) is 0.814. The van der Waals surface area contributed by atoms with Gasteiger partial charge in [-0.15, -0.1) is 0 Å². The maximum Gasteiger partial charge on any atom is 0.124 e. The quantitative estimate of drug-likeness (QED) is 0.491. The molecule has 0 bridgehead atoms. The second kappa shape index (κ2) is 7.88. The monoisotopic (exact) mass is 331 g/mol. The summed E-state index contributed by atoms with van der Waals surface area (Å²) in [5, 5.41) is 18.2. The first kappa shape index (κ1) is 16.4.